The summed E-state index contributed by atoms with van der Waals surface area (Å²) in [5.74, 6) is 0.997. The zero-order valence-electron chi connectivity index (χ0n) is 18.3. The molecule has 0 amide bonds. The lowest BCUT2D eigenvalue weighted by atomic mass is 9.43. The third-order valence-corrected chi connectivity index (χ3v) is 10.3. The van der Waals surface area contributed by atoms with Crippen LogP contribution in [0.1, 0.15) is 78.6 Å². The maximum Gasteiger partial charge on any atom is 0.303 e. The molecule has 166 valence electrons. The highest BCUT2D eigenvalue weighted by Gasteiger charge is 2.65. The van der Waals surface area contributed by atoms with Crippen molar-refractivity contribution >= 4 is 5.97 Å². The number of rotatable bonds is 4. The van der Waals surface area contributed by atoms with Crippen molar-refractivity contribution in [2.24, 2.45) is 46.3 Å². The van der Waals surface area contributed by atoms with Crippen LogP contribution in [-0.2, 0) is 4.79 Å². The van der Waals surface area contributed by atoms with Crippen molar-refractivity contribution in [2.45, 2.75) is 96.9 Å². The summed E-state index contributed by atoms with van der Waals surface area (Å²) in [5, 5.41) is 42.0. The zero-order chi connectivity index (χ0) is 21.1. The molecule has 2 unspecified atom stereocenters. The summed E-state index contributed by atoms with van der Waals surface area (Å²) in [6, 6.07) is 0. The highest BCUT2D eigenvalue weighted by atomic mass is 16.4. The smallest absolute Gasteiger partial charge is 0.303 e. The minimum Gasteiger partial charge on any atom is -0.481 e. The molecule has 0 saturated heterocycles. The first-order valence-electron chi connectivity index (χ1n) is 11.8. The topological polar surface area (TPSA) is 98.0 Å². The molecule has 4 fully saturated rings. The molecule has 29 heavy (non-hydrogen) atoms. The van der Waals surface area contributed by atoms with Gasteiger partial charge in [-0.05, 0) is 97.7 Å². The fourth-order valence-electron chi connectivity index (χ4n) is 8.68. The first-order chi connectivity index (χ1) is 13.6. The number of aliphatic carboxylic acids is 1. The van der Waals surface area contributed by atoms with Gasteiger partial charge in [-0.15, -0.1) is 0 Å². The summed E-state index contributed by atoms with van der Waals surface area (Å²) in [6.45, 7) is 6.72. The van der Waals surface area contributed by atoms with E-state index in [1.165, 1.54) is 0 Å². The number of carboxylic acids is 1. The molecule has 5 nitrogen and oxygen atoms in total. The number of hydrogen-bond acceptors (Lipinski definition) is 4. The highest BCUT2D eigenvalue weighted by molar-refractivity contribution is 5.66. The molecule has 0 spiro atoms. The Morgan fingerprint density at radius 2 is 1.76 bits per heavy atom. The van der Waals surface area contributed by atoms with Crippen molar-refractivity contribution in [1.29, 1.82) is 0 Å². The van der Waals surface area contributed by atoms with Crippen molar-refractivity contribution < 1.29 is 25.2 Å². The number of fused-ring (bicyclic) bond motifs is 5. The van der Waals surface area contributed by atoms with Crippen LogP contribution >= 0.6 is 0 Å². The van der Waals surface area contributed by atoms with Gasteiger partial charge in [0.05, 0.1) is 18.3 Å². The average molecular weight is 409 g/mol. The standard InChI is InChI=1S/C24H40O5/c1-13(4-7-21(28)29)16-5-6-17-22-18(12-20(27)24(16,17)3)23(2)9-8-15(25)10-14(23)11-19(22)26/h13-20,22,25-27H,4-12H2,1-3H3,(H,28,29)/t13-,14-,15-,16-,17+,18?,19-,20+,22?,23+,24-/m0/s1. The van der Waals surface area contributed by atoms with E-state index in [9.17, 15) is 20.1 Å². The second-order valence-corrected chi connectivity index (χ2v) is 11.4. The maximum atomic E-state index is 11.5. The van der Waals surface area contributed by atoms with Crippen molar-refractivity contribution in [3.8, 4) is 0 Å². The van der Waals surface area contributed by atoms with Gasteiger partial charge in [0.2, 0.25) is 0 Å². The Kier molecular flexibility index (Phi) is 5.57. The van der Waals surface area contributed by atoms with Gasteiger partial charge in [-0.1, -0.05) is 20.8 Å². The molecule has 4 saturated carbocycles. The lowest BCUT2D eigenvalue weighted by Gasteiger charge is -2.63. The van der Waals surface area contributed by atoms with Crippen molar-refractivity contribution in [2.75, 3.05) is 0 Å². The number of aliphatic hydroxyl groups excluding tert-OH is 3. The molecule has 4 aliphatic carbocycles. The van der Waals surface area contributed by atoms with Crippen LogP contribution < -0.4 is 0 Å². The van der Waals surface area contributed by atoms with Gasteiger partial charge >= 0.3 is 5.97 Å². The van der Waals surface area contributed by atoms with Crippen LogP contribution in [0.15, 0.2) is 0 Å². The molecule has 0 aromatic heterocycles. The van der Waals surface area contributed by atoms with Gasteiger partial charge in [0, 0.05) is 6.42 Å². The molecule has 0 aromatic carbocycles. The molecular formula is C24H40O5. The molecule has 0 bridgehead atoms. The summed E-state index contributed by atoms with van der Waals surface area (Å²) in [5.41, 5.74) is -0.143. The normalized spacial score (nSPS) is 52.9. The second-order valence-electron chi connectivity index (χ2n) is 11.4. The summed E-state index contributed by atoms with van der Waals surface area (Å²) in [4.78, 5) is 11.1. The van der Waals surface area contributed by atoms with Crippen molar-refractivity contribution in [3.63, 3.8) is 0 Å². The van der Waals surface area contributed by atoms with E-state index in [2.05, 4.69) is 20.8 Å². The second kappa shape index (κ2) is 7.49. The predicted octanol–water partition coefficient (Wildman–Crippen LogP) is 3.45. The SMILES string of the molecule is C[C@@H](CCC(=O)O)[C@@H]1CC[C@@H]2C3C(C[C@@H](O)[C@]21C)[C@]1(C)CC[C@H](O)C[C@H]1C[C@@H]3O. The lowest BCUT2D eigenvalue weighted by molar-refractivity contribution is -0.207. The third kappa shape index (κ3) is 3.27. The van der Waals surface area contributed by atoms with Crippen molar-refractivity contribution in [3.05, 3.63) is 0 Å². The van der Waals surface area contributed by atoms with Crippen LogP contribution in [0.25, 0.3) is 0 Å². The molecule has 4 aliphatic rings. The van der Waals surface area contributed by atoms with E-state index in [-0.39, 0.29) is 41.3 Å². The van der Waals surface area contributed by atoms with Crippen LogP contribution in [0.2, 0.25) is 0 Å². The highest BCUT2D eigenvalue weighted by Crippen LogP contribution is 2.68. The van der Waals surface area contributed by atoms with Gasteiger partial charge in [-0.3, -0.25) is 4.79 Å². The monoisotopic (exact) mass is 408 g/mol. The Morgan fingerprint density at radius 1 is 1.03 bits per heavy atom. The van der Waals surface area contributed by atoms with Gasteiger partial charge in [0.25, 0.3) is 0 Å². The summed E-state index contributed by atoms with van der Waals surface area (Å²) >= 11 is 0. The molecule has 5 heteroatoms. The van der Waals surface area contributed by atoms with E-state index in [0.29, 0.717) is 30.1 Å². The maximum absolute atomic E-state index is 11.5. The fourth-order valence-corrected chi connectivity index (χ4v) is 8.68. The van der Waals surface area contributed by atoms with Gasteiger partial charge < -0.3 is 20.4 Å². The van der Waals surface area contributed by atoms with Gasteiger partial charge in [0.1, 0.15) is 0 Å². The van der Waals surface area contributed by atoms with Crippen LogP contribution in [0.3, 0.4) is 0 Å². The van der Waals surface area contributed by atoms with E-state index < -0.39 is 12.1 Å². The minimum atomic E-state index is -0.748. The number of hydrogen-bond donors (Lipinski definition) is 4. The summed E-state index contributed by atoms with van der Waals surface area (Å²) in [7, 11) is 0. The molecule has 11 atom stereocenters. The third-order valence-electron chi connectivity index (χ3n) is 10.3. The lowest BCUT2D eigenvalue weighted by Crippen LogP contribution is -2.62. The summed E-state index contributed by atoms with van der Waals surface area (Å²) < 4.78 is 0. The molecular weight excluding hydrogens is 368 g/mol. The summed E-state index contributed by atoms with van der Waals surface area (Å²) in [6.07, 6.45) is 6.00. The van der Waals surface area contributed by atoms with Crippen molar-refractivity contribution in [1.82, 2.24) is 0 Å². The van der Waals surface area contributed by atoms with Crippen LogP contribution in [-0.4, -0.2) is 44.7 Å². The molecule has 0 heterocycles. The number of aliphatic hydroxyl groups is 3. The van der Waals surface area contributed by atoms with Crippen LogP contribution in [0, 0.1) is 46.3 Å². The van der Waals surface area contributed by atoms with E-state index in [1.54, 1.807) is 0 Å². The largest absolute Gasteiger partial charge is 0.481 e. The Balaban J connectivity index is 1.61. The Morgan fingerprint density at radius 3 is 2.45 bits per heavy atom. The van der Waals surface area contributed by atoms with E-state index >= 15 is 0 Å². The average Bonchev–Trinajstić information content (AvgIpc) is 3.01. The quantitative estimate of drug-likeness (QED) is 0.571. The first-order valence-corrected chi connectivity index (χ1v) is 11.8. The zero-order valence-corrected chi connectivity index (χ0v) is 18.3. The Hall–Kier alpha value is -0.650. The molecule has 4 N–H and O–H groups in total. The van der Waals surface area contributed by atoms with Gasteiger partial charge in [0.15, 0.2) is 0 Å². The molecule has 0 radical (unpaired) electrons. The molecule has 0 aromatic rings. The number of carbonyl (C=O) groups is 1. The van der Waals surface area contributed by atoms with E-state index in [1.807, 2.05) is 0 Å². The van der Waals surface area contributed by atoms with Crippen LogP contribution in [0.5, 0.6) is 0 Å². The first kappa shape index (κ1) is 21.6. The van der Waals surface area contributed by atoms with Gasteiger partial charge in [-0.25, -0.2) is 0 Å². The fraction of sp³-hybridized carbons (Fsp3) is 0.958. The van der Waals surface area contributed by atoms with Gasteiger partial charge in [-0.2, -0.15) is 0 Å². The Bertz CT molecular complexity index is 637. The van der Waals surface area contributed by atoms with E-state index in [4.69, 9.17) is 5.11 Å². The number of carboxylic acid groups (broad SMARTS) is 1. The molecule has 4 rings (SSSR count). The Labute approximate surface area is 174 Å². The minimum absolute atomic E-state index is 0.0957. The van der Waals surface area contributed by atoms with Crippen LogP contribution in [0.4, 0.5) is 0 Å². The predicted molar refractivity (Wildman–Crippen MR) is 110 cm³/mol. The van der Waals surface area contributed by atoms with E-state index in [0.717, 1.165) is 44.9 Å². The molecule has 0 aliphatic heterocycles.